The summed E-state index contributed by atoms with van der Waals surface area (Å²) >= 11 is 5.25. The Morgan fingerprint density at radius 1 is 1.50 bits per heavy atom. The highest BCUT2D eigenvalue weighted by molar-refractivity contribution is 6.27. The molecule has 0 N–H and O–H groups in total. The Hall–Kier alpha value is -0.550. The predicted molar refractivity (Wildman–Crippen MR) is 39.8 cm³/mol. The minimum absolute atomic E-state index is 0.0691. The molecule has 3 heteroatoms. The minimum Gasteiger partial charge on any atom is -0.298 e. The Kier molecular flexibility index (Phi) is 6.21. The van der Waals surface area contributed by atoms with Crippen LogP contribution < -0.4 is 0 Å². The number of halogens is 1. The van der Waals surface area contributed by atoms with Crippen LogP contribution in [-0.4, -0.2) is 11.7 Å². The summed E-state index contributed by atoms with van der Waals surface area (Å²) < 4.78 is 0. The van der Waals surface area contributed by atoms with Gasteiger partial charge in [-0.1, -0.05) is 0 Å². The maximum absolute atomic E-state index is 10.6. The van der Waals surface area contributed by atoms with Gasteiger partial charge >= 0.3 is 0 Å². The number of carbonyl (C=O) groups excluding carboxylic acids is 1. The molecule has 0 aliphatic carbocycles. The van der Waals surface area contributed by atoms with Gasteiger partial charge in [0, 0.05) is 12.8 Å². The van der Waals surface area contributed by atoms with Gasteiger partial charge in [-0.3, -0.25) is 4.79 Å². The van der Waals surface area contributed by atoms with Crippen LogP contribution in [0.2, 0.25) is 0 Å². The van der Waals surface area contributed by atoms with E-state index >= 15 is 0 Å². The van der Waals surface area contributed by atoms with Gasteiger partial charge < -0.3 is 0 Å². The third-order valence-corrected chi connectivity index (χ3v) is 1.44. The molecule has 0 unspecified atom stereocenters. The van der Waals surface area contributed by atoms with Gasteiger partial charge in [0.05, 0.1) is 11.9 Å². The summed E-state index contributed by atoms with van der Waals surface area (Å²) in [6, 6.07) is 2.02. The number of hydrogen-bond donors (Lipinski definition) is 0. The van der Waals surface area contributed by atoms with Crippen molar-refractivity contribution in [2.75, 3.05) is 5.88 Å². The van der Waals surface area contributed by atoms with Crippen LogP contribution in [0.25, 0.3) is 0 Å². The first-order chi connectivity index (χ1) is 4.81. The van der Waals surface area contributed by atoms with E-state index in [0.717, 1.165) is 12.8 Å². The molecule has 0 atom stereocenters. The van der Waals surface area contributed by atoms with E-state index in [9.17, 15) is 4.79 Å². The van der Waals surface area contributed by atoms with Crippen molar-refractivity contribution in [3.8, 4) is 6.07 Å². The van der Waals surface area contributed by atoms with E-state index in [0.29, 0.717) is 12.8 Å². The van der Waals surface area contributed by atoms with Gasteiger partial charge in [0.2, 0.25) is 0 Å². The normalized spacial score (nSPS) is 8.80. The SMILES string of the molecule is N#CCCCCC(=O)CCl. The van der Waals surface area contributed by atoms with Gasteiger partial charge in [-0.25, -0.2) is 0 Å². The van der Waals surface area contributed by atoms with E-state index < -0.39 is 0 Å². The molecule has 0 aromatic rings. The molecule has 2 nitrogen and oxygen atoms in total. The van der Waals surface area contributed by atoms with E-state index in [1.54, 1.807) is 0 Å². The Labute approximate surface area is 65.8 Å². The molecule has 0 aromatic heterocycles. The summed E-state index contributed by atoms with van der Waals surface area (Å²) in [6.07, 6.45) is 2.65. The number of unbranched alkanes of at least 4 members (excludes halogenated alkanes) is 2. The van der Waals surface area contributed by atoms with Gasteiger partial charge in [0.1, 0.15) is 5.78 Å². The fraction of sp³-hybridized carbons (Fsp3) is 0.714. The average molecular weight is 160 g/mol. The second-order valence-electron chi connectivity index (χ2n) is 2.04. The standard InChI is InChI=1S/C7H10ClNO/c8-6-7(10)4-2-1-3-5-9/h1-4,6H2. The molecule has 0 fully saturated rings. The summed E-state index contributed by atoms with van der Waals surface area (Å²) in [5, 5.41) is 8.13. The van der Waals surface area contributed by atoms with Gasteiger partial charge in [-0.15, -0.1) is 11.6 Å². The van der Waals surface area contributed by atoms with E-state index in [2.05, 4.69) is 0 Å². The summed E-state index contributed by atoms with van der Waals surface area (Å²) in [5.41, 5.74) is 0. The number of rotatable bonds is 5. The first-order valence-electron chi connectivity index (χ1n) is 3.26. The molecule has 0 radical (unpaired) electrons. The molecular weight excluding hydrogens is 150 g/mol. The largest absolute Gasteiger partial charge is 0.298 e. The first-order valence-corrected chi connectivity index (χ1v) is 3.79. The van der Waals surface area contributed by atoms with Crippen LogP contribution in [-0.2, 0) is 4.79 Å². The van der Waals surface area contributed by atoms with Crippen molar-refractivity contribution >= 4 is 17.4 Å². The van der Waals surface area contributed by atoms with E-state index in [4.69, 9.17) is 16.9 Å². The molecule has 0 saturated carbocycles. The van der Waals surface area contributed by atoms with Crippen LogP contribution >= 0.6 is 11.6 Å². The lowest BCUT2D eigenvalue weighted by Gasteiger charge is -1.92. The van der Waals surface area contributed by atoms with Gasteiger partial charge in [-0.2, -0.15) is 5.26 Å². The molecule has 0 aliphatic rings. The maximum Gasteiger partial charge on any atom is 0.147 e. The van der Waals surface area contributed by atoms with Gasteiger partial charge in [0.25, 0.3) is 0 Å². The van der Waals surface area contributed by atoms with Crippen LogP contribution in [0.15, 0.2) is 0 Å². The molecular formula is C7H10ClNO. The highest BCUT2D eigenvalue weighted by atomic mass is 35.5. The highest BCUT2D eigenvalue weighted by Gasteiger charge is 1.97. The molecule has 0 spiro atoms. The molecule has 0 rings (SSSR count). The summed E-state index contributed by atoms with van der Waals surface area (Å²) in [4.78, 5) is 10.6. The topological polar surface area (TPSA) is 40.9 Å². The summed E-state index contributed by atoms with van der Waals surface area (Å²) in [5.74, 6) is 0.173. The molecule has 0 aromatic carbocycles. The van der Waals surface area contributed by atoms with E-state index in [-0.39, 0.29) is 11.7 Å². The van der Waals surface area contributed by atoms with Crippen LogP contribution in [0.5, 0.6) is 0 Å². The summed E-state index contributed by atoms with van der Waals surface area (Å²) in [6.45, 7) is 0. The Morgan fingerprint density at radius 2 is 2.20 bits per heavy atom. The fourth-order valence-corrected chi connectivity index (χ4v) is 0.727. The quantitative estimate of drug-likeness (QED) is 0.454. The summed E-state index contributed by atoms with van der Waals surface area (Å²) in [7, 11) is 0. The highest BCUT2D eigenvalue weighted by Crippen LogP contribution is 1.99. The van der Waals surface area contributed by atoms with Crippen molar-refractivity contribution in [3.05, 3.63) is 0 Å². The monoisotopic (exact) mass is 159 g/mol. The molecule has 0 bridgehead atoms. The predicted octanol–water partition coefficient (Wildman–Crippen LogP) is 1.88. The number of Topliss-reactive ketones (excluding diaryl/α,β-unsaturated/α-hetero) is 1. The fourth-order valence-electron chi connectivity index (χ4n) is 0.593. The Balaban J connectivity index is 3.05. The second kappa shape index (κ2) is 6.57. The first kappa shape index (κ1) is 9.45. The van der Waals surface area contributed by atoms with Crippen LogP contribution in [0.1, 0.15) is 25.7 Å². The van der Waals surface area contributed by atoms with Crippen molar-refractivity contribution in [1.29, 1.82) is 5.26 Å². The zero-order valence-electron chi connectivity index (χ0n) is 5.77. The third-order valence-electron chi connectivity index (χ3n) is 1.14. The molecule has 0 aliphatic heterocycles. The van der Waals surface area contributed by atoms with Crippen molar-refractivity contribution < 1.29 is 4.79 Å². The van der Waals surface area contributed by atoms with Crippen molar-refractivity contribution in [1.82, 2.24) is 0 Å². The average Bonchev–Trinajstić information content (AvgIpc) is 1.98. The van der Waals surface area contributed by atoms with Crippen LogP contribution in [0.4, 0.5) is 0 Å². The van der Waals surface area contributed by atoms with Crippen molar-refractivity contribution in [3.63, 3.8) is 0 Å². The molecule has 10 heavy (non-hydrogen) atoms. The number of nitrogens with zero attached hydrogens (tertiary/aromatic N) is 1. The lowest BCUT2D eigenvalue weighted by atomic mass is 10.1. The Bertz CT molecular complexity index is 139. The molecule has 0 saturated heterocycles. The maximum atomic E-state index is 10.6. The zero-order valence-corrected chi connectivity index (χ0v) is 6.52. The van der Waals surface area contributed by atoms with E-state index in [1.165, 1.54) is 0 Å². The van der Waals surface area contributed by atoms with Crippen molar-refractivity contribution in [2.45, 2.75) is 25.7 Å². The number of ketones is 1. The molecule has 0 heterocycles. The molecule has 56 valence electrons. The van der Waals surface area contributed by atoms with Gasteiger partial charge in [-0.05, 0) is 12.8 Å². The van der Waals surface area contributed by atoms with E-state index in [1.807, 2.05) is 6.07 Å². The molecule has 0 amide bonds. The lowest BCUT2D eigenvalue weighted by Crippen LogP contribution is -1.97. The minimum atomic E-state index is 0.0691. The van der Waals surface area contributed by atoms with Crippen LogP contribution in [0.3, 0.4) is 0 Å². The lowest BCUT2D eigenvalue weighted by molar-refractivity contribution is -0.116. The van der Waals surface area contributed by atoms with Gasteiger partial charge in [0.15, 0.2) is 0 Å². The number of hydrogen-bond acceptors (Lipinski definition) is 2. The number of alkyl halides is 1. The second-order valence-corrected chi connectivity index (χ2v) is 2.30. The Morgan fingerprint density at radius 3 is 2.70 bits per heavy atom. The smallest absolute Gasteiger partial charge is 0.147 e. The third kappa shape index (κ3) is 5.58. The number of nitriles is 1. The van der Waals surface area contributed by atoms with Crippen LogP contribution in [0, 0.1) is 11.3 Å². The number of carbonyl (C=O) groups is 1. The van der Waals surface area contributed by atoms with Crippen molar-refractivity contribution in [2.24, 2.45) is 0 Å². The zero-order chi connectivity index (χ0) is 7.82.